The van der Waals surface area contributed by atoms with Crippen LogP contribution in [0.2, 0.25) is 0 Å². The minimum atomic E-state index is -0.888. The van der Waals surface area contributed by atoms with E-state index in [4.69, 9.17) is 0 Å². The summed E-state index contributed by atoms with van der Waals surface area (Å²) in [6.45, 7) is 6.73. The molecule has 98 valence electrons. The average Bonchev–Trinajstić information content (AvgIpc) is 2.27. The molecular weight excluding hydrogens is 248 g/mol. The summed E-state index contributed by atoms with van der Waals surface area (Å²) < 4.78 is 0. The van der Waals surface area contributed by atoms with Crippen molar-refractivity contribution in [3.8, 4) is 0 Å². The van der Waals surface area contributed by atoms with Crippen LogP contribution in [0.1, 0.15) is 28.5 Å². The van der Waals surface area contributed by atoms with Crippen molar-refractivity contribution in [2.45, 2.75) is 26.8 Å². The minimum Gasteiger partial charge on any atom is -0.478 e. The second-order valence-electron chi connectivity index (χ2n) is 4.70. The molecule has 0 spiro atoms. The van der Waals surface area contributed by atoms with E-state index in [2.05, 4.69) is 16.8 Å². The smallest absolute Gasteiger partial charge is 0.339 e. The van der Waals surface area contributed by atoms with E-state index in [-0.39, 0.29) is 0 Å². The quantitative estimate of drug-likeness (QED) is 0.890. The number of carbonyl (C=O) groups is 1. The zero-order chi connectivity index (χ0) is 13.3. The second kappa shape index (κ2) is 5.18. The Morgan fingerprint density at radius 3 is 2.89 bits per heavy atom. The molecule has 1 N–H and O–H groups in total. The third kappa shape index (κ3) is 2.46. The van der Waals surface area contributed by atoms with Crippen molar-refractivity contribution in [2.75, 3.05) is 23.0 Å². The SMILES string of the molecule is Cc1cc(C)c(C(=O)O)c(N2CCSCC2C)n1. The topological polar surface area (TPSA) is 53.4 Å². The van der Waals surface area contributed by atoms with Gasteiger partial charge in [0, 0.05) is 29.8 Å². The first-order valence-corrected chi connectivity index (χ1v) is 7.22. The van der Waals surface area contributed by atoms with Gasteiger partial charge in [-0.05, 0) is 32.4 Å². The molecule has 1 aromatic rings. The highest BCUT2D eigenvalue weighted by Crippen LogP contribution is 2.28. The average molecular weight is 266 g/mol. The fourth-order valence-corrected chi connectivity index (χ4v) is 3.34. The molecular formula is C13H18N2O2S. The molecule has 1 aliphatic heterocycles. The molecule has 1 unspecified atom stereocenters. The lowest BCUT2D eigenvalue weighted by atomic mass is 10.1. The monoisotopic (exact) mass is 266 g/mol. The van der Waals surface area contributed by atoms with Gasteiger partial charge in [-0.1, -0.05) is 0 Å². The first-order chi connectivity index (χ1) is 8.50. The molecule has 2 rings (SSSR count). The Morgan fingerprint density at radius 2 is 2.28 bits per heavy atom. The van der Waals surface area contributed by atoms with Gasteiger partial charge in [0.15, 0.2) is 0 Å². The van der Waals surface area contributed by atoms with Crippen LogP contribution in [-0.2, 0) is 0 Å². The van der Waals surface area contributed by atoms with Crippen LogP contribution in [0.25, 0.3) is 0 Å². The van der Waals surface area contributed by atoms with Gasteiger partial charge in [0.25, 0.3) is 0 Å². The summed E-state index contributed by atoms with van der Waals surface area (Å²) in [5.74, 6) is 1.79. The zero-order valence-electron chi connectivity index (χ0n) is 10.9. The molecule has 1 aromatic heterocycles. The van der Waals surface area contributed by atoms with Gasteiger partial charge in [0.1, 0.15) is 11.4 Å². The first-order valence-electron chi connectivity index (χ1n) is 6.06. The largest absolute Gasteiger partial charge is 0.478 e. The third-order valence-electron chi connectivity index (χ3n) is 3.18. The molecule has 0 radical (unpaired) electrons. The van der Waals surface area contributed by atoms with Crippen molar-refractivity contribution < 1.29 is 9.90 Å². The second-order valence-corrected chi connectivity index (χ2v) is 5.85. The van der Waals surface area contributed by atoms with Crippen molar-refractivity contribution in [3.63, 3.8) is 0 Å². The van der Waals surface area contributed by atoms with E-state index >= 15 is 0 Å². The van der Waals surface area contributed by atoms with Gasteiger partial charge in [0.2, 0.25) is 0 Å². The highest BCUT2D eigenvalue weighted by atomic mass is 32.2. The summed E-state index contributed by atoms with van der Waals surface area (Å²) in [7, 11) is 0. The number of aromatic carboxylic acids is 1. The van der Waals surface area contributed by atoms with E-state index in [1.165, 1.54) is 0 Å². The van der Waals surface area contributed by atoms with Crippen LogP contribution in [0.5, 0.6) is 0 Å². The van der Waals surface area contributed by atoms with Gasteiger partial charge in [-0.25, -0.2) is 9.78 Å². The normalized spacial score (nSPS) is 19.9. The molecule has 0 amide bonds. The molecule has 1 saturated heterocycles. The number of aromatic nitrogens is 1. The minimum absolute atomic E-state index is 0.329. The Labute approximate surface area is 111 Å². The van der Waals surface area contributed by atoms with Crippen LogP contribution < -0.4 is 4.90 Å². The molecule has 2 heterocycles. The Balaban J connectivity index is 2.50. The standard InChI is InChI=1S/C13H18N2O2S/c1-8-6-9(2)14-12(11(8)13(16)17)15-4-5-18-7-10(15)3/h6,10H,4-5,7H2,1-3H3,(H,16,17). The molecule has 0 aromatic carbocycles. The molecule has 1 atom stereocenters. The number of hydrogen-bond acceptors (Lipinski definition) is 4. The summed E-state index contributed by atoms with van der Waals surface area (Å²) in [5.41, 5.74) is 2.01. The predicted molar refractivity (Wildman–Crippen MR) is 74.8 cm³/mol. The summed E-state index contributed by atoms with van der Waals surface area (Å²) >= 11 is 1.91. The van der Waals surface area contributed by atoms with Crippen LogP contribution in [0.3, 0.4) is 0 Å². The number of carboxylic acid groups (broad SMARTS) is 1. The maximum Gasteiger partial charge on any atom is 0.339 e. The van der Waals surface area contributed by atoms with Gasteiger partial charge in [0.05, 0.1) is 0 Å². The van der Waals surface area contributed by atoms with Gasteiger partial charge in [-0.2, -0.15) is 11.8 Å². The summed E-state index contributed by atoms with van der Waals surface area (Å²) in [4.78, 5) is 18.0. The van der Waals surface area contributed by atoms with Crippen LogP contribution in [0.4, 0.5) is 5.82 Å². The predicted octanol–water partition coefficient (Wildman–Crippen LogP) is 2.34. The zero-order valence-corrected chi connectivity index (χ0v) is 11.8. The number of nitrogens with zero attached hydrogens (tertiary/aromatic N) is 2. The maximum absolute atomic E-state index is 11.4. The summed E-state index contributed by atoms with van der Waals surface area (Å²) in [5, 5.41) is 9.38. The van der Waals surface area contributed by atoms with Gasteiger partial charge < -0.3 is 10.0 Å². The lowest BCUT2D eigenvalue weighted by Gasteiger charge is -2.35. The van der Waals surface area contributed by atoms with Crippen LogP contribution in [0.15, 0.2) is 6.07 Å². The molecule has 0 aliphatic carbocycles. The number of pyridine rings is 1. The fourth-order valence-electron chi connectivity index (χ4n) is 2.33. The molecule has 1 aliphatic rings. The van der Waals surface area contributed by atoms with E-state index in [0.717, 1.165) is 29.3 Å². The maximum atomic E-state index is 11.4. The van der Waals surface area contributed by atoms with E-state index < -0.39 is 5.97 Å². The first kappa shape index (κ1) is 13.2. The number of aryl methyl sites for hydroxylation is 2. The van der Waals surface area contributed by atoms with Crippen LogP contribution in [0, 0.1) is 13.8 Å². The van der Waals surface area contributed by atoms with Crippen LogP contribution >= 0.6 is 11.8 Å². The molecule has 4 nitrogen and oxygen atoms in total. The van der Waals surface area contributed by atoms with Gasteiger partial charge in [-0.15, -0.1) is 0 Å². The number of carboxylic acids is 1. The van der Waals surface area contributed by atoms with Crippen molar-refractivity contribution in [1.82, 2.24) is 4.98 Å². The van der Waals surface area contributed by atoms with E-state index in [1.54, 1.807) is 0 Å². The highest BCUT2D eigenvalue weighted by molar-refractivity contribution is 7.99. The molecule has 5 heteroatoms. The Bertz CT molecular complexity index is 476. The Morgan fingerprint density at radius 1 is 1.56 bits per heavy atom. The molecule has 0 saturated carbocycles. The van der Waals surface area contributed by atoms with Crippen LogP contribution in [-0.4, -0.2) is 40.2 Å². The summed E-state index contributed by atoms with van der Waals surface area (Å²) in [6.07, 6.45) is 0. The van der Waals surface area contributed by atoms with E-state index in [0.29, 0.717) is 17.4 Å². The third-order valence-corrected chi connectivity index (χ3v) is 4.37. The van der Waals surface area contributed by atoms with E-state index in [9.17, 15) is 9.90 Å². The lowest BCUT2D eigenvalue weighted by molar-refractivity contribution is 0.0696. The summed E-state index contributed by atoms with van der Waals surface area (Å²) in [6, 6.07) is 2.16. The van der Waals surface area contributed by atoms with Crippen molar-refractivity contribution in [1.29, 1.82) is 0 Å². The number of rotatable bonds is 2. The van der Waals surface area contributed by atoms with E-state index in [1.807, 2.05) is 31.7 Å². The number of anilines is 1. The highest BCUT2D eigenvalue weighted by Gasteiger charge is 2.26. The number of thioether (sulfide) groups is 1. The fraction of sp³-hybridized carbons (Fsp3) is 0.538. The molecule has 1 fully saturated rings. The van der Waals surface area contributed by atoms with Crippen molar-refractivity contribution in [3.05, 3.63) is 22.9 Å². The molecule has 0 bridgehead atoms. The lowest BCUT2D eigenvalue weighted by Crippen LogP contribution is -2.42. The number of hydrogen-bond donors (Lipinski definition) is 1. The van der Waals surface area contributed by atoms with Gasteiger partial charge >= 0.3 is 5.97 Å². The van der Waals surface area contributed by atoms with Crippen molar-refractivity contribution >= 4 is 23.5 Å². The Kier molecular flexibility index (Phi) is 3.80. The molecule has 18 heavy (non-hydrogen) atoms. The van der Waals surface area contributed by atoms with Crippen molar-refractivity contribution in [2.24, 2.45) is 0 Å². The Hall–Kier alpha value is -1.23. The van der Waals surface area contributed by atoms with Gasteiger partial charge in [-0.3, -0.25) is 0 Å².